The van der Waals surface area contributed by atoms with Gasteiger partial charge in [0.15, 0.2) is 0 Å². The Balaban J connectivity index is 1.62. The van der Waals surface area contributed by atoms with E-state index in [9.17, 15) is 14.4 Å². The number of ether oxygens (including phenoxy) is 1. The Morgan fingerprint density at radius 1 is 1.00 bits per heavy atom. The number of fused-ring (bicyclic) bond motifs is 3. The molecule has 2 aromatic rings. The highest BCUT2D eigenvalue weighted by molar-refractivity contribution is 5.86. The van der Waals surface area contributed by atoms with Crippen LogP contribution in [0, 0.1) is 5.92 Å². The van der Waals surface area contributed by atoms with Gasteiger partial charge in [-0.25, -0.2) is 4.79 Å². The van der Waals surface area contributed by atoms with E-state index in [2.05, 4.69) is 10.6 Å². The Hall–Kier alpha value is -3.39. The number of carboxylic acid groups (broad SMARTS) is 1. The highest BCUT2D eigenvalue weighted by atomic mass is 16.5. The van der Waals surface area contributed by atoms with Gasteiger partial charge in [0.2, 0.25) is 5.91 Å². The molecule has 2 amide bonds. The first kappa shape index (κ1) is 24.3. The zero-order valence-electron chi connectivity index (χ0n) is 18.6. The predicted octanol–water partition coefficient (Wildman–Crippen LogP) is 2.89. The molecule has 176 valence electrons. The quantitative estimate of drug-likeness (QED) is 0.414. The molecule has 8 heteroatoms. The Kier molecular flexibility index (Phi) is 8.43. The van der Waals surface area contributed by atoms with Crippen molar-refractivity contribution < 1.29 is 29.3 Å². The summed E-state index contributed by atoms with van der Waals surface area (Å²) in [5.74, 6) is -1.60. The van der Waals surface area contributed by atoms with Crippen molar-refractivity contribution in [1.29, 1.82) is 0 Å². The number of carbonyl (C=O) groups excluding carboxylic acids is 2. The van der Waals surface area contributed by atoms with Crippen LogP contribution in [0.2, 0.25) is 0 Å². The van der Waals surface area contributed by atoms with E-state index in [1.165, 1.54) is 0 Å². The van der Waals surface area contributed by atoms with E-state index in [1.807, 2.05) is 55.5 Å². The molecule has 1 aliphatic carbocycles. The lowest BCUT2D eigenvalue weighted by Gasteiger charge is -2.20. The molecule has 0 spiro atoms. The number of hydrogen-bond acceptors (Lipinski definition) is 5. The Labute approximate surface area is 193 Å². The highest BCUT2D eigenvalue weighted by Crippen LogP contribution is 2.44. The molecule has 3 rings (SSSR count). The summed E-state index contributed by atoms with van der Waals surface area (Å²) >= 11 is 0. The number of aliphatic carboxylic acids is 1. The monoisotopic (exact) mass is 454 g/mol. The summed E-state index contributed by atoms with van der Waals surface area (Å²) in [7, 11) is 0. The van der Waals surface area contributed by atoms with Crippen LogP contribution >= 0.6 is 0 Å². The lowest BCUT2D eigenvalue weighted by atomic mass is 9.98. The zero-order chi connectivity index (χ0) is 23.8. The number of carbonyl (C=O) groups is 3. The molecule has 0 saturated carbocycles. The van der Waals surface area contributed by atoms with Crippen LogP contribution in [0.3, 0.4) is 0 Å². The van der Waals surface area contributed by atoms with Crippen molar-refractivity contribution in [2.45, 2.75) is 38.1 Å². The van der Waals surface area contributed by atoms with Crippen molar-refractivity contribution in [3.63, 3.8) is 0 Å². The molecule has 2 aromatic carbocycles. The standard InChI is InChI=1S/C25H30N2O6/c1-16(12-13-28)14-26-24(31)22(10-11-23(29)30)27-25(32)33-15-21-19-8-4-2-6-17(19)18-7-3-5-9-20(18)21/h2-9,16,21-22,28H,10-15H2,1H3,(H,26,31)(H,27,32)(H,29,30). The predicted molar refractivity (Wildman–Crippen MR) is 123 cm³/mol. The average molecular weight is 455 g/mol. The minimum Gasteiger partial charge on any atom is -0.481 e. The van der Waals surface area contributed by atoms with Gasteiger partial charge in [-0.2, -0.15) is 0 Å². The fraction of sp³-hybridized carbons (Fsp3) is 0.400. The summed E-state index contributed by atoms with van der Waals surface area (Å²) in [6.07, 6.45) is -0.570. The van der Waals surface area contributed by atoms with Crippen LogP contribution in [0.5, 0.6) is 0 Å². The molecule has 1 aliphatic rings. The zero-order valence-corrected chi connectivity index (χ0v) is 18.6. The maximum Gasteiger partial charge on any atom is 0.407 e. The Morgan fingerprint density at radius 2 is 1.61 bits per heavy atom. The molecule has 0 fully saturated rings. The normalized spacial score (nSPS) is 14.0. The van der Waals surface area contributed by atoms with E-state index >= 15 is 0 Å². The van der Waals surface area contributed by atoms with Crippen LogP contribution in [0.25, 0.3) is 11.1 Å². The number of carboxylic acids is 1. The van der Waals surface area contributed by atoms with E-state index in [0.29, 0.717) is 13.0 Å². The second kappa shape index (κ2) is 11.5. The van der Waals surface area contributed by atoms with Crippen molar-refractivity contribution in [2.75, 3.05) is 19.8 Å². The molecule has 33 heavy (non-hydrogen) atoms. The summed E-state index contributed by atoms with van der Waals surface area (Å²) in [5.41, 5.74) is 4.37. The minimum absolute atomic E-state index is 0.0114. The van der Waals surface area contributed by atoms with Crippen LogP contribution in [-0.4, -0.2) is 54.0 Å². The first-order valence-electron chi connectivity index (χ1n) is 11.1. The SMILES string of the molecule is CC(CCO)CNC(=O)C(CCC(=O)O)NC(=O)OCC1c2ccccc2-c2ccccc21. The van der Waals surface area contributed by atoms with E-state index in [-0.39, 0.29) is 37.9 Å². The lowest BCUT2D eigenvalue weighted by Crippen LogP contribution is -2.48. The minimum atomic E-state index is -1.06. The van der Waals surface area contributed by atoms with Crippen molar-refractivity contribution >= 4 is 18.0 Å². The maximum absolute atomic E-state index is 12.6. The molecule has 0 radical (unpaired) electrons. The van der Waals surface area contributed by atoms with Crippen LogP contribution in [-0.2, 0) is 14.3 Å². The lowest BCUT2D eigenvalue weighted by molar-refractivity contribution is -0.137. The van der Waals surface area contributed by atoms with Crippen LogP contribution in [0.4, 0.5) is 4.79 Å². The van der Waals surface area contributed by atoms with Gasteiger partial charge in [-0.15, -0.1) is 0 Å². The molecule has 0 heterocycles. The van der Waals surface area contributed by atoms with E-state index < -0.39 is 24.0 Å². The first-order valence-corrected chi connectivity index (χ1v) is 11.1. The third-order valence-electron chi connectivity index (χ3n) is 5.85. The summed E-state index contributed by atoms with van der Waals surface area (Å²) in [4.78, 5) is 36.1. The van der Waals surface area contributed by atoms with Crippen molar-refractivity contribution in [2.24, 2.45) is 5.92 Å². The number of nitrogens with one attached hydrogen (secondary N) is 2. The third kappa shape index (κ3) is 6.32. The van der Waals surface area contributed by atoms with Gasteiger partial charge in [-0.3, -0.25) is 9.59 Å². The van der Waals surface area contributed by atoms with Crippen LogP contribution in [0.15, 0.2) is 48.5 Å². The molecular formula is C25H30N2O6. The number of rotatable bonds is 11. The van der Waals surface area contributed by atoms with E-state index in [1.54, 1.807) is 0 Å². The van der Waals surface area contributed by atoms with Gasteiger partial charge in [-0.05, 0) is 41.0 Å². The summed E-state index contributed by atoms with van der Waals surface area (Å²) < 4.78 is 5.48. The average Bonchev–Trinajstić information content (AvgIpc) is 3.12. The molecular weight excluding hydrogens is 424 g/mol. The van der Waals surface area contributed by atoms with Gasteiger partial charge in [0.25, 0.3) is 0 Å². The fourth-order valence-corrected chi connectivity index (χ4v) is 4.04. The van der Waals surface area contributed by atoms with Gasteiger partial charge in [0, 0.05) is 25.5 Å². The number of aliphatic hydroxyl groups is 1. The number of alkyl carbamates (subject to hydrolysis) is 1. The Bertz CT molecular complexity index is 947. The van der Waals surface area contributed by atoms with Gasteiger partial charge in [0.05, 0.1) is 0 Å². The highest BCUT2D eigenvalue weighted by Gasteiger charge is 2.30. The summed E-state index contributed by atoms with van der Waals surface area (Å²) in [6.45, 7) is 2.30. The molecule has 2 unspecified atom stereocenters. The molecule has 8 nitrogen and oxygen atoms in total. The largest absolute Gasteiger partial charge is 0.481 e. The molecule has 2 atom stereocenters. The van der Waals surface area contributed by atoms with Crippen molar-refractivity contribution in [1.82, 2.24) is 10.6 Å². The molecule has 4 N–H and O–H groups in total. The summed E-state index contributed by atoms with van der Waals surface area (Å²) in [5, 5.41) is 23.2. The molecule has 0 bridgehead atoms. The molecule has 0 saturated heterocycles. The third-order valence-corrected chi connectivity index (χ3v) is 5.85. The number of benzene rings is 2. The van der Waals surface area contributed by atoms with Crippen LogP contribution < -0.4 is 10.6 Å². The van der Waals surface area contributed by atoms with Gasteiger partial charge in [0.1, 0.15) is 12.6 Å². The second-order valence-electron chi connectivity index (χ2n) is 8.32. The Morgan fingerprint density at radius 3 is 2.18 bits per heavy atom. The number of amides is 2. The van der Waals surface area contributed by atoms with Crippen molar-refractivity contribution in [3.05, 3.63) is 59.7 Å². The number of aliphatic hydroxyl groups excluding tert-OH is 1. The maximum atomic E-state index is 12.6. The smallest absolute Gasteiger partial charge is 0.407 e. The molecule has 0 aliphatic heterocycles. The summed E-state index contributed by atoms with van der Waals surface area (Å²) in [6, 6.07) is 14.9. The van der Waals surface area contributed by atoms with Gasteiger partial charge < -0.3 is 25.6 Å². The van der Waals surface area contributed by atoms with Gasteiger partial charge >= 0.3 is 12.1 Å². The van der Waals surface area contributed by atoms with Crippen molar-refractivity contribution in [3.8, 4) is 11.1 Å². The fourth-order valence-electron chi connectivity index (χ4n) is 4.04. The number of hydrogen-bond donors (Lipinski definition) is 4. The van der Waals surface area contributed by atoms with Crippen LogP contribution in [0.1, 0.15) is 43.2 Å². The second-order valence-corrected chi connectivity index (χ2v) is 8.32. The van der Waals surface area contributed by atoms with Gasteiger partial charge in [-0.1, -0.05) is 55.5 Å². The first-order chi connectivity index (χ1) is 15.9. The van der Waals surface area contributed by atoms with E-state index in [4.69, 9.17) is 14.9 Å². The molecule has 0 aromatic heterocycles. The topological polar surface area (TPSA) is 125 Å². The van der Waals surface area contributed by atoms with E-state index in [0.717, 1.165) is 22.3 Å².